The summed E-state index contributed by atoms with van der Waals surface area (Å²) in [5.41, 5.74) is 4.46. The zero-order valence-corrected chi connectivity index (χ0v) is 16.6. The van der Waals surface area contributed by atoms with Crippen LogP contribution in [0.15, 0.2) is 65.5 Å². The molecule has 1 unspecified atom stereocenters. The van der Waals surface area contributed by atoms with Crippen molar-refractivity contribution in [1.82, 2.24) is 20.1 Å². The van der Waals surface area contributed by atoms with Gasteiger partial charge >= 0.3 is 0 Å². The minimum absolute atomic E-state index is 0.451. The minimum Gasteiger partial charge on any atom is -0.464 e. The van der Waals surface area contributed by atoms with Crippen molar-refractivity contribution in [3.05, 3.63) is 66.7 Å². The topological polar surface area (TPSA) is 59.1 Å². The molecule has 1 aliphatic heterocycles. The van der Waals surface area contributed by atoms with E-state index >= 15 is 0 Å². The molecular weight excluding hydrogens is 362 g/mol. The first kappa shape index (κ1) is 17.9. The molecule has 5 rings (SSSR count). The van der Waals surface area contributed by atoms with Crippen LogP contribution < -0.4 is 10.2 Å². The molecule has 6 heteroatoms. The highest BCUT2D eigenvalue weighted by Gasteiger charge is 2.20. The van der Waals surface area contributed by atoms with E-state index in [4.69, 9.17) is 4.42 Å². The van der Waals surface area contributed by atoms with Gasteiger partial charge in [-0.15, -0.1) is 0 Å². The van der Waals surface area contributed by atoms with Gasteiger partial charge in [-0.05, 0) is 43.2 Å². The molecule has 0 bridgehead atoms. The maximum absolute atomic E-state index is 5.79. The van der Waals surface area contributed by atoms with Gasteiger partial charge in [-0.1, -0.05) is 18.2 Å². The Morgan fingerprint density at radius 3 is 2.90 bits per heavy atom. The highest BCUT2D eigenvalue weighted by molar-refractivity contribution is 5.85. The third-order valence-corrected chi connectivity index (χ3v) is 5.72. The van der Waals surface area contributed by atoms with Gasteiger partial charge in [-0.3, -0.25) is 0 Å². The zero-order chi connectivity index (χ0) is 19.6. The number of hydrogen-bond acceptors (Lipinski definition) is 5. The number of fused-ring (bicyclic) bond motifs is 1. The number of nitrogens with zero attached hydrogens (tertiary/aromatic N) is 4. The van der Waals surface area contributed by atoms with Crippen molar-refractivity contribution in [2.24, 2.45) is 7.05 Å². The fourth-order valence-corrected chi connectivity index (χ4v) is 4.25. The summed E-state index contributed by atoms with van der Waals surface area (Å²) in [5.74, 6) is 0.863. The van der Waals surface area contributed by atoms with Gasteiger partial charge in [0.1, 0.15) is 11.9 Å². The maximum atomic E-state index is 5.79. The summed E-state index contributed by atoms with van der Waals surface area (Å²) in [6, 6.07) is 17.4. The van der Waals surface area contributed by atoms with E-state index in [1.165, 1.54) is 18.5 Å². The average Bonchev–Trinajstić information content (AvgIpc) is 3.41. The van der Waals surface area contributed by atoms with Crippen LogP contribution in [0.5, 0.6) is 0 Å². The van der Waals surface area contributed by atoms with E-state index in [1.54, 1.807) is 17.3 Å². The van der Waals surface area contributed by atoms with Crippen LogP contribution in [0.3, 0.4) is 0 Å². The van der Waals surface area contributed by atoms with Gasteiger partial charge in [0.05, 0.1) is 6.26 Å². The molecule has 2 aromatic heterocycles. The van der Waals surface area contributed by atoms with Crippen molar-refractivity contribution >= 4 is 16.7 Å². The van der Waals surface area contributed by atoms with Crippen LogP contribution in [-0.2, 0) is 13.6 Å². The Hall–Kier alpha value is -3.12. The number of nitrogens with one attached hydrogen (secondary N) is 1. The van der Waals surface area contributed by atoms with Crippen molar-refractivity contribution in [1.29, 1.82) is 0 Å². The molecule has 2 aromatic carbocycles. The largest absolute Gasteiger partial charge is 0.464 e. The van der Waals surface area contributed by atoms with Crippen LogP contribution in [-0.4, -0.2) is 33.9 Å². The first-order chi connectivity index (χ1) is 14.3. The molecule has 0 saturated carbocycles. The van der Waals surface area contributed by atoms with Crippen LogP contribution >= 0.6 is 0 Å². The van der Waals surface area contributed by atoms with Gasteiger partial charge in [-0.25, -0.2) is 9.67 Å². The average molecular weight is 387 g/mol. The number of benzene rings is 2. The van der Waals surface area contributed by atoms with Gasteiger partial charge in [0.15, 0.2) is 5.82 Å². The number of para-hydroxylation sites is 1. The van der Waals surface area contributed by atoms with Crippen LogP contribution in [0, 0.1) is 0 Å². The fraction of sp³-hybridized carbons (Fsp3) is 0.304. The van der Waals surface area contributed by atoms with Crippen LogP contribution in [0.2, 0.25) is 0 Å². The second kappa shape index (κ2) is 7.72. The Morgan fingerprint density at radius 2 is 2.07 bits per heavy atom. The summed E-state index contributed by atoms with van der Waals surface area (Å²) < 4.78 is 7.59. The molecule has 0 radical (unpaired) electrons. The summed E-state index contributed by atoms with van der Waals surface area (Å²) in [6.07, 6.45) is 5.73. The minimum atomic E-state index is 0.451. The summed E-state index contributed by atoms with van der Waals surface area (Å²) in [7, 11) is 1.92. The van der Waals surface area contributed by atoms with Gasteiger partial charge in [-0.2, -0.15) is 5.10 Å². The first-order valence-electron chi connectivity index (χ1n) is 10.2. The molecule has 29 heavy (non-hydrogen) atoms. The molecule has 148 valence electrons. The number of anilines is 1. The normalized spacial score (nSPS) is 17.1. The number of rotatable bonds is 5. The molecule has 0 spiro atoms. The van der Waals surface area contributed by atoms with Gasteiger partial charge < -0.3 is 14.6 Å². The van der Waals surface area contributed by atoms with E-state index in [-0.39, 0.29) is 0 Å². The predicted molar refractivity (Wildman–Crippen MR) is 115 cm³/mol. The summed E-state index contributed by atoms with van der Waals surface area (Å²) >= 11 is 0. The Morgan fingerprint density at radius 1 is 1.17 bits per heavy atom. The van der Waals surface area contributed by atoms with Crippen molar-refractivity contribution in [2.45, 2.75) is 25.4 Å². The second-order valence-corrected chi connectivity index (χ2v) is 7.68. The van der Waals surface area contributed by atoms with E-state index in [1.807, 2.05) is 13.1 Å². The molecule has 0 amide bonds. The third-order valence-electron chi connectivity index (χ3n) is 5.72. The van der Waals surface area contributed by atoms with E-state index in [0.717, 1.165) is 47.6 Å². The quantitative estimate of drug-likeness (QED) is 0.561. The van der Waals surface area contributed by atoms with E-state index in [9.17, 15) is 0 Å². The molecule has 3 heterocycles. The SMILES string of the molecule is Cn1ncnc1-c1cc(CNC2CCCN(c3ccccc3)C2)c2occc2c1. The van der Waals surface area contributed by atoms with Crippen LogP contribution in [0.4, 0.5) is 5.69 Å². The monoisotopic (exact) mass is 387 g/mol. The van der Waals surface area contributed by atoms with Crippen molar-refractivity contribution < 1.29 is 4.42 Å². The fourth-order valence-electron chi connectivity index (χ4n) is 4.25. The highest BCUT2D eigenvalue weighted by atomic mass is 16.3. The molecule has 4 aromatic rings. The number of hydrogen-bond donors (Lipinski definition) is 1. The number of furan rings is 1. The standard InChI is InChI=1S/C23H25N5O/c1-27-23(25-16-26-27)18-12-17-9-11-29-22(17)19(13-18)14-24-20-6-5-10-28(15-20)21-7-3-2-4-8-21/h2-4,7-9,11-13,16,20,24H,5-6,10,14-15H2,1H3. The van der Waals surface area contributed by atoms with E-state index in [2.05, 4.69) is 62.8 Å². The molecule has 0 aliphatic carbocycles. The summed E-state index contributed by atoms with van der Waals surface area (Å²) in [4.78, 5) is 6.88. The smallest absolute Gasteiger partial charge is 0.157 e. The maximum Gasteiger partial charge on any atom is 0.157 e. The first-order valence-corrected chi connectivity index (χ1v) is 10.2. The summed E-state index contributed by atoms with van der Waals surface area (Å²) in [6.45, 7) is 2.91. The Balaban J connectivity index is 1.35. The predicted octanol–water partition coefficient (Wildman–Crippen LogP) is 3.99. The zero-order valence-electron chi connectivity index (χ0n) is 16.6. The lowest BCUT2D eigenvalue weighted by Crippen LogP contribution is -2.45. The lowest BCUT2D eigenvalue weighted by Gasteiger charge is -2.35. The van der Waals surface area contributed by atoms with Crippen molar-refractivity contribution in [3.63, 3.8) is 0 Å². The Kier molecular flexibility index (Phi) is 4.77. The Labute approximate surface area is 170 Å². The second-order valence-electron chi connectivity index (χ2n) is 7.68. The number of aromatic nitrogens is 3. The number of aryl methyl sites for hydroxylation is 1. The lowest BCUT2D eigenvalue weighted by atomic mass is 10.0. The van der Waals surface area contributed by atoms with Gasteiger partial charge in [0.25, 0.3) is 0 Å². The molecule has 1 atom stereocenters. The highest BCUT2D eigenvalue weighted by Crippen LogP contribution is 2.28. The van der Waals surface area contributed by atoms with Crippen molar-refractivity contribution in [3.8, 4) is 11.4 Å². The van der Waals surface area contributed by atoms with Gasteiger partial charge in [0.2, 0.25) is 0 Å². The summed E-state index contributed by atoms with van der Waals surface area (Å²) in [5, 5.41) is 9.06. The molecule has 6 nitrogen and oxygen atoms in total. The molecule has 1 N–H and O–H groups in total. The third kappa shape index (κ3) is 3.63. The number of piperidine rings is 1. The van der Waals surface area contributed by atoms with Crippen molar-refractivity contribution in [2.75, 3.05) is 18.0 Å². The molecule has 1 saturated heterocycles. The van der Waals surface area contributed by atoms with Crippen LogP contribution in [0.25, 0.3) is 22.4 Å². The molecule has 1 fully saturated rings. The molecular formula is C23H25N5O. The van der Waals surface area contributed by atoms with Crippen LogP contribution in [0.1, 0.15) is 18.4 Å². The van der Waals surface area contributed by atoms with E-state index in [0.29, 0.717) is 6.04 Å². The van der Waals surface area contributed by atoms with Gasteiger partial charge in [0, 0.05) is 54.9 Å². The molecule has 1 aliphatic rings. The Bertz CT molecular complexity index is 1100. The lowest BCUT2D eigenvalue weighted by molar-refractivity contribution is 0.421. The van der Waals surface area contributed by atoms with E-state index < -0.39 is 0 Å².